The van der Waals surface area contributed by atoms with E-state index in [1.807, 2.05) is 30.6 Å². The molecule has 8 rings (SSSR count). The van der Waals surface area contributed by atoms with Crippen molar-refractivity contribution < 1.29 is 31.5 Å². The Hall–Kier alpha value is -5.26. The maximum absolute atomic E-state index is 17.1. The number of carbonyl (C=O) groups is 1. The SMILES string of the molecule is C#Cc1c(F)ccc2cccc(-c3ncc4c(N5C[C@H]6CC[C@@H](C5)N6C(=O)OC(C)(C)C)nc(O[C@@H]5CCN(c6cccc(S(=O)(=O)Cl)c6)C5)nc4c3F)c12. The molecule has 0 spiro atoms. The van der Waals surface area contributed by atoms with Gasteiger partial charge in [-0.3, -0.25) is 9.88 Å². The summed E-state index contributed by atoms with van der Waals surface area (Å²) in [5.41, 5.74) is 0.208. The summed E-state index contributed by atoms with van der Waals surface area (Å²) in [6.07, 6.45) is 8.54. The number of hydrogen-bond acceptors (Lipinski definition) is 10. The van der Waals surface area contributed by atoms with Crippen molar-refractivity contribution in [3.05, 3.63) is 78.0 Å². The van der Waals surface area contributed by atoms with Gasteiger partial charge in [-0.2, -0.15) is 9.97 Å². The van der Waals surface area contributed by atoms with Crippen LogP contribution in [0.5, 0.6) is 6.01 Å². The van der Waals surface area contributed by atoms with Crippen LogP contribution in [0.25, 0.3) is 32.9 Å². The molecule has 0 radical (unpaired) electrons. The Morgan fingerprint density at radius 2 is 1.73 bits per heavy atom. The number of amides is 1. The summed E-state index contributed by atoms with van der Waals surface area (Å²) in [6, 6.07) is 14.0. The fraction of sp³-hybridized carbons (Fsp3) is 0.350. The minimum absolute atomic E-state index is 0.0000930. The number of benzene rings is 3. The largest absolute Gasteiger partial charge is 0.458 e. The Balaban J connectivity index is 1.19. The number of rotatable bonds is 6. The number of nitrogens with zero attached hydrogens (tertiary/aromatic N) is 6. The topological polar surface area (TPSA) is 118 Å². The number of terminal acetylenes is 1. The number of halogens is 3. The molecule has 3 atom stereocenters. The highest BCUT2D eigenvalue weighted by atomic mass is 35.7. The van der Waals surface area contributed by atoms with Gasteiger partial charge in [0, 0.05) is 59.6 Å². The molecule has 3 fully saturated rings. The molecule has 0 N–H and O–H groups in total. The van der Waals surface area contributed by atoms with Gasteiger partial charge >= 0.3 is 12.1 Å². The zero-order chi connectivity index (χ0) is 38.8. The van der Waals surface area contributed by atoms with Gasteiger partial charge in [0.25, 0.3) is 9.05 Å². The molecule has 15 heteroatoms. The van der Waals surface area contributed by atoms with Gasteiger partial charge in [-0.15, -0.1) is 6.42 Å². The van der Waals surface area contributed by atoms with Crippen LogP contribution in [0.15, 0.2) is 65.7 Å². The van der Waals surface area contributed by atoms with Crippen molar-refractivity contribution in [2.45, 2.75) is 68.7 Å². The molecule has 5 aromatic rings. The fourth-order valence-corrected chi connectivity index (χ4v) is 8.71. The van der Waals surface area contributed by atoms with Gasteiger partial charge in [0.15, 0.2) is 5.82 Å². The molecule has 1 amide bonds. The van der Waals surface area contributed by atoms with Crippen molar-refractivity contribution in [3.8, 4) is 29.6 Å². The lowest BCUT2D eigenvalue weighted by molar-refractivity contribution is 0.0122. The molecule has 284 valence electrons. The molecule has 3 aliphatic rings. The van der Waals surface area contributed by atoms with Gasteiger partial charge in [0.1, 0.15) is 34.6 Å². The Morgan fingerprint density at radius 3 is 2.44 bits per heavy atom. The second-order valence-electron chi connectivity index (χ2n) is 15.1. The summed E-state index contributed by atoms with van der Waals surface area (Å²) in [5.74, 6) is 1.46. The van der Waals surface area contributed by atoms with Gasteiger partial charge in [0.05, 0.1) is 34.5 Å². The Labute approximate surface area is 321 Å². The zero-order valence-electron chi connectivity index (χ0n) is 30.3. The van der Waals surface area contributed by atoms with Crippen molar-refractivity contribution in [3.63, 3.8) is 0 Å². The van der Waals surface area contributed by atoms with Crippen LogP contribution in [-0.2, 0) is 13.8 Å². The second-order valence-corrected chi connectivity index (χ2v) is 17.6. The first-order valence-electron chi connectivity index (χ1n) is 18.0. The van der Waals surface area contributed by atoms with Crippen LogP contribution < -0.4 is 14.5 Å². The Bertz CT molecular complexity index is 2510. The van der Waals surface area contributed by atoms with Gasteiger partial charge < -0.3 is 19.3 Å². The van der Waals surface area contributed by atoms with Crippen LogP contribution in [0, 0.1) is 24.0 Å². The van der Waals surface area contributed by atoms with Gasteiger partial charge in [0.2, 0.25) is 0 Å². The number of piperazine rings is 1. The smallest absolute Gasteiger partial charge is 0.410 e. The van der Waals surface area contributed by atoms with E-state index in [9.17, 15) is 17.6 Å². The van der Waals surface area contributed by atoms with Crippen molar-refractivity contribution >= 4 is 59.0 Å². The van der Waals surface area contributed by atoms with Crippen LogP contribution in [-0.4, -0.2) is 84.3 Å². The van der Waals surface area contributed by atoms with Gasteiger partial charge in [-0.05, 0) is 63.3 Å². The second kappa shape index (κ2) is 13.8. The highest BCUT2D eigenvalue weighted by Gasteiger charge is 2.45. The normalized spacial score (nSPS) is 19.9. The maximum Gasteiger partial charge on any atom is 0.410 e. The summed E-state index contributed by atoms with van der Waals surface area (Å²) < 4.78 is 68.1. The number of fused-ring (bicyclic) bond motifs is 4. The average Bonchev–Trinajstić information content (AvgIpc) is 3.71. The molecule has 0 unspecified atom stereocenters. The van der Waals surface area contributed by atoms with Crippen molar-refractivity contribution in [2.24, 2.45) is 0 Å². The maximum atomic E-state index is 17.1. The molecule has 0 saturated carbocycles. The first-order chi connectivity index (χ1) is 26.2. The summed E-state index contributed by atoms with van der Waals surface area (Å²) in [7, 11) is 1.68. The summed E-state index contributed by atoms with van der Waals surface area (Å²) in [4.78, 5) is 33.1. The third-order valence-electron chi connectivity index (χ3n) is 10.3. The molecule has 5 heterocycles. The molecule has 3 aromatic carbocycles. The minimum Gasteiger partial charge on any atom is -0.458 e. The van der Waals surface area contributed by atoms with Gasteiger partial charge in [-0.1, -0.05) is 36.3 Å². The summed E-state index contributed by atoms with van der Waals surface area (Å²) >= 11 is 0. The summed E-state index contributed by atoms with van der Waals surface area (Å²) in [6.45, 7) is 7.25. The van der Waals surface area contributed by atoms with Crippen LogP contribution in [0.4, 0.5) is 25.1 Å². The molecule has 2 aromatic heterocycles. The van der Waals surface area contributed by atoms with E-state index in [0.717, 1.165) is 12.8 Å². The van der Waals surface area contributed by atoms with E-state index in [1.165, 1.54) is 24.4 Å². The number of ether oxygens (including phenoxy) is 2. The van der Waals surface area contributed by atoms with E-state index >= 15 is 4.39 Å². The Kier molecular flexibility index (Phi) is 9.20. The van der Waals surface area contributed by atoms with E-state index in [2.05, 4.69) is 15.9 Å². The number of pyridine rings is 1. The third-order valence-corrected chi connectivity index (χ3v) is 11.7. The van der Waals surface area contributed by atoms with E-state index < -0.39 is 32.4 Å². The van der Waals surface area contributed by atoms with Crippen molar-refractivity contribution in [2.75, 3.05) is 36.0 Å². The van der Waals surface area contributed by atoms with Crippen LogP contribution in [0.3, 0.4) is 0 Å². The number of aromatic nitrogens is 3. The quantitative estimate of drug-likeness (QED) is 0.128. The fourth-order valence-electron chi connectivity index (χ4n) is 7.92. The van der Waals surface area contributed by atoms with Crippen molar-refractivity contribution in [1.29, 1.82) is 0 Å². The first kappa shape index (κ1) is 36.7. The molecule has 2 bridgehead atoms. The molecular formula is C40H37ClF2N6O5S. The van der Waals surface area contributed by atoms with E-state index in [1.54, 1.807) is 41.3 Å². The lowest BCUT2D eigenvalue weighted by Gasteiger charge is -2.42. The first-order valence-corrected chi connectivity index (χ1v) is 20.3. The minimum atomic E-state index is -3.93. The van der Waals surface area contributed by atoms with E-state index in [0.29, 0.717) is 65.8 Å². The predicted molar refractivity (Wildman–Crippen MR) is 206 cm³/mol. The number of hydrogen-bond donors (Lipinski definition) is 0. The van der Waals surface area contributed by atoms with E-state index in [-0.39, 0.29) is 45.9 Å². The lowest BCUT2D eigenvalue weighted by Crippen LogP contribution is -2.57. The zero-order valence-corrected chi connectivity index (χ0v) is 31.9. The highest BCUT2D eigenvalue weighted by molar-refractivity contribution is 8.13. The molecular weight excluding hydrogens is 750 g/mol. The molecule has 0 aliphatic carbocycles. The molecule has 3 saturated heterocycles. The van der Waals surface area contributed by atoms with Crippen LogP contribution in [0.1, 0.15) is 45.6 Å². The third kappa shape index (κ3) is 6.95. The summed E-state index contributed by atoms with van der Waals surface area (Å²) in [5, 5.41) is 1.32. The molecule has 3 aliphatic heterocycles. The number of anilines is 2. The van der Waals surface area contributed by atoms with Crippen LogP contribution >= 0.6 is 10.7 Å². The lowest BCUT2D eigenvalue weighted by atomic mass is 9.96. The molecule has 55 heavy (non-hydrogen) atoms. The standard InChI is InChI=1S/C40H37ClF2N6O5S/c1-5-29-32(42)15-12-23-8-6-11-30(33(23)29)35-34(43)36-31(19-44-35)37(48-20-25-13-14-26(21-48)49(25)39(50)54-40(2,3)4)46-38(45-36)53-27-16-17-47(22-27)24-9-7-10-28(18-24)55(41,51)52/h1,6-12,15,18-19,25-27H,13-14,16-17,20-22H2,2-4H3/t25-,26+,27-/m1/s1. The van der Waals surface area contributed by atoms with Crippen LogP contribution in [0.2, 0.25) is 0 Å². The van der Waals surface area contributed by atoms with E-state index in [4.69, 9.17) is 31.6 Å². The highest BCUT2D eigenvalue weighted by Crippen LogP contribution is 2.40. The predicted octanol–water partition coefficient (Wildman–Crippen LogP) is 7.28. The van der Waals surface area contributed by atoms with Gasteiger partial charge in [-0.25, -0.2) is 22.0 Å². The Morgan fingerprint density at radius 1 is 0.982 bits per heavy atom. The number of carbonyl (C=O) groups excluding carboxylic acids is 1. The van der Waals surface area contributed by atoms with Crippen molar-refractivity contribution in [1.82, 2.24) is 19.9 Å². The molecule has 11 nitrogen and oxygen atoms in total. The average molecular weight is 787 g/mol. The monoisotopic (exact) mass is 786 g/mol.